The fourth-order valence-corrected chi connectivity index (χ4v) is 5.11. The van der Waals surface area contributed by atoms with E-state index in [2.05, 4.69) is 5.32 Å². The molecule has 0 fully saturated rings. The first-order chi connectivity index (χ1) is 16.4. The number of ether oxygens (including phenoxy) is 2. The maximum atomic E-state index is 12.7. The summed E-state index contributed by atoms with van der Waals surface area (Å²) in [5.74, 6) is 1.17. The molecule has 3 heterocycles. The number of nitrogens with one attached hydrogen (secondary N) is 1. The van der Waals surface area contributed by atoms with Gasteiger partial charge in [-0.15, -0.1) is 0 Å². The van der Waals surface area contributed by atoms with E-state index in [4.69, 9.17) is 25.3 Å². The van der Waals surface area contributed by atoms with Crippen LogP contribution < -0.4 is 20.5 Å². The number of rotatable bonds is 7. The van der Waals surface area contributed by atoms with Crippen LogP contribution in [0.25, 0.3) is 15.3 Å². The van der Waals surface area contributed by atoms with Crippen molar-refractivity contribution in [3.8, 4) is 16.6 Å². The van der Waals surface area contributed by atoms with Gasteiger partial charge in [-0.2, -0.15) is 9.78 Å². The van der Waals surface area contributed by atoms with Crippen molar-refractivity contribution in [3.05, 3.63) is 59.3 Å². The number of aromatic nitrogens is 3. The number of amides is 2. The summed E-state index contributed by atoms with van der Waals surface area (Å²) in [6.45, 7) is 4.29. The molecular formula is C24H23N5O4S. The lowest BCUT2D eigenvalue weighted by molar-refractivity contribution is -0.120. The molecule has 9 nitrogen and oxygen atoms in total. The summed E-state index contributed by atoms with van der Waals surface area (Å²) in [4.78, 5) is 28.4. The van der Waals surface area contributed by atoms with Gasteiger partial charge in [0.2, 0.25) is 11.0 Å². The zero-order chi connectivity index (χ0) is 23.8. The molecule has 0 saturated carbocycles. The van der Waals surface area contributed by atoms with Gasteiger partial charge in [0, 0.05) is 17.9 Å². The van der Waals surface area contributed by atoms with Gasteiger partial charge in [-0.25, -0.2) is 4.98 Å². The van der Waals surface area contributed by atoms with E-state index >= 15 is 0 Å². The molecule has 0 saturated heterocycles. The number of benzene rings is 2. The third-order valence-corrected chi connectivity index (χ3v) is 6.60. The van der Waals surface area contributed by atoms with Crippen molar-refractivity contribution in [2.75, 3.05) is 18.5 Å². The van der Waals surface area contributed by atoms with Gasteiger partial charge in [-0.1, -0.05) is 23.5 Å². The number of hydrogen-bond donors (Lipinski definition) is 2. The molecule has 5 rings (SSSR count). The molecule has 3 N–H and O–H groups in total. The molecular weight excluding hydrogens is 454 g/mol. The minimum Gasteiger partial charge on any atom is -0.494 e. The van der Waals surface area contributed by atoms with Crippen LogP contribution in [-0.2, 0) is 9.59 Å². The number of anilines is 1. The molecule has 10 heteroatoms. The van der Waals surface area contributed by atoms with Gasteiger partial charge in [0.1, 0.15) is 17.3 Å². The van der Waals surface area contributed by atoms with E-state index in [-0.39, 0.29) is 18.4 Å². The summed E-state index contributed by atoms with van der Waals surface area (Å²) in [7, 11) is 0. The van der Waals surface area contributed by atoms with Gasteiger partial charge in [-0.3, -0.25) is 9.59 Å². The molecule has 0 radical (unpaired) electrons. The van der Waals surface area contributed by atoms with Crippen molar-refractivity contribution in [2.45, 2.75) is 26.2 Å². The smallest absolute Gasteiger partial charge is 0.255 e. The minimum atomic E-state index is -0.537. The first-order valence-corrected chi connectivity index (χ1v) is 11.7. The Kier molecular flexibility index (Phi) is 5.66. The SMILES string of the molecule is CCOc1ccc2nc(-n3nc(C)c4c3NC(=O)C[C@@H]4c3ccc(OCC(N)=O)cc3)sc2c1. The van der Waals surface area contributed by atoms with Gasteiger partial charge in [0.15, 0.2) is 6.61 Å². The number of nitrogens with two attached hydrogens (primary N) is 1. The molecule has 174 valence electrons. The van der Waals surface area contributed by atoms with Gasteiger partial charge >= 0.3 is 0 Å². The number of thiazole rings is 1. The average molecular weight is 478 g/mol. The lowest BCUT2D eigenvalue weighted by Crippen LogP contribution is -2.25. The first kappa shape index (κ1) is 21.9. The molecule has 2 amide bonds. The van der Waals surface area contributed by atoms with Crippen molar-refractivity contribution >= 4 is 39.2 Å². The second-order valence-electron chi connectivity index (χ2n) is 7.95. The van der Waals surface area contributed by atoms with Crippen LogP contribution in [0.4, 0.5) is 5.82 Å². The lowest BCUT2D eigenvalue weighted by Gasteiger charge is -2.24. The number of fused-ring (bicyclic) bond motifs is 2. The highest BCUT2D eigenvalue weighted by Crippen LogP contribution is 2.41. The predicted octanol–water partition coefficient (Wildman–Crippen LogP) is 3.53. The highest BCUT2D eigenvalue weighted by atomic mass is 32.1. The highest BCUT2D eigenvalue weighted by molar-refractivity contribution is 7.20. The maximum Gasteiger partial charge on any atom is 0.255 e. The molecule has 1 aliphatic rings. The molecule has 1 aliphatic heterocycles. The number of nitrogens with zero attached hydrogens (tertiary/aromatic N) is 3. The molecule has 0 bridgehead atoms. The van der Waals surface area contributed by atoms with E-state index in [1.54, 1.807) is 16.8 Å². The lowest BCUT2D eigenvalue weighted by atomic mass is 9.86. The Hall–Kier alpha value is -3.92. The molecule has 1 atom stereocenters. The summed E-state index contributed by atoms with van der Waals surface area (Å²) in [5, 5.41) is 8.40. The fourth-order valence-electron chi connectivity index (χ4n) is 4.16. The second-order valence-corrected chi connectivity index (χ2v) is 8.96. The monoisotopic (exact) mass is 477 g/mol. The van der Waals surface area contributed by atoms with Gasteiger partial charge in [-0.05, 0) is 49.7 Å². The van der Waals surface area contributed by atoms with E-state index in [1.807, 2.05) is 44.2 Å². The third-order valence-electron chi connectivity index (χ3n) is 5.61. The number of primary amides is 1. The van der Waals surface area contributed by atoms with Crippen molar-refractivity contribution < 1.29 is 19.1 Å². The Bertz CT molecular complexity index is 1390. The molecule has 0 spiro atoms. The first-order valence-electron chi connectivity index (χ1n) is 10.9. The average Bonchev–Trinajstić information content (AvgIpc) is 3.38. The van der Waals surface area contributed by atoms with Gasteiger partial charge in [0.05, 0.1) is 22.5 Å². The third kappa shape index (κ3) is 4.08. The highest BCUT2D eigenvalue weighted by Gasteiger charge is 2.33. The predicted molar refractivity (Wildman–Crippen MR) is 129 cm³/mol. The quantitative estimate of drug-likeness (QED) is 0.420. The molecule has 2 aromatic carbocycles. The molecule has 2 aromatic heterocycles. The largest absolute Gasteiger partial charge is 0.494 e. The summed E-state index contributed by atoms with van der Waals surface area (Å²) >= 11 is 1.49. The zero-order valence-corrected chi connectivity index (χ0v) is 19.5. The van der Waals surface area contributed by atoms with Crippen LogP contribution in [0, 0.1) is 6.92 Å². The van der Waals surface area contributed by atoms with Crippen molar-refractivity contribution in [1.29, 1.82) is 0 Å². The molecule has 34 heavy (non-hydrogen) atoms. The van der Waals surface area contributed by atoms with Crippen LogP contribution in [-0.4, -0.2) is 39.8 Å². The van der Waals surface area contributed by atoms with Gasteiger partial charge in [0.25, 0.3) is 5.91 Å². The summed E-state index contributed by atoms with van der Waals surface area (Å²) in [6, 6.07) is 13.1. The van der Waals surface area contributed by atoms with Crippen LogP contribution in [0.3, 0.4) is 0 Å². The Morgan fingerprint density at radius 3 is 2.71 bits per heavy atom. The van der Waals surface area contributed by atoms with Crippen molar-refractivity contribution in [3.63, 3.8) is 0 Å². The summed E-state index contributed by atoms with van der Waals surface area (Å²) < 4.78 is 13.6. The zero-order valence-electron chi connectivity index (χ0n) is 18.7. The number of aryl methyl sites for hydroxylation is 1. The Labute approximate surface area is 199 Å². The van der Waals surface area contributed by atoms with E-state index < -0.39 is 5.91 Å². The minimum absolute atomic E-state index is 0.0903. The van der Waals surface area contributed by atoms with Crippen LogP contribution in [0.1, 0.15) is 36.1 Å². The Morgan fingerprint density at radius 1 is 1.21 bits per heavy atom. The van der Waals surface area contributed by atoms with E-state index in [0.29, 0.717) is 29.7 Å². The topological polar surface area (TPSA) is 121 Å². The van der Waals surface area contributed by atoms with Gasteiger partial charge < -0.3 is 20.5 Å². The number of hydrogen-bond acceptors (Lipinski definition) is 7. The van der Waals surface area contributed by atoms with Crippen LogP contribution in [0.5, 0.6) is 11.5 Å². The Morgan fingerprint density at radius 2 is 1.97 bits per heavy atom. The summed E-state index contributed by atoms with van der Waals surface area (Å²) in [5.41, 5.74) is 8.72. The summed E-state index contributed by atoms with van der Waals surface area (Å²) in [6.07, 6.45) is 0.304. The number of carbonyl (C=O) groups is 2. The van der Waals surface area contributed by atoms with Crippen LogP contribution >= 0.6 is 11.3 Å². The maximum absolute atomic E-state index is 12.7. The van der Waals surface area contributed by atoms with E-state index in [1.165, 1.54) is 11.3 Å². The number of carbonyl (C=O) groups excluding carboxylic acids is 2. The van der Waals surface area contributed by atoms with Crippen molar-refractivity contribution in [2.24, 2.45) is 5.73 Å². The van der Waals surface area contributed by atoms with Crippen LogP contribution in [0.15, 0.2) is 42.5 Å². The van der Waals surface area contributed by atoms with Crippen LogP contribution in [0.2, 0.25) is 0 Å². The Balaban J connectivity index is 1.51. The fraction of sp³-hybridized carbons (Fsp3) is 0.250. The second kappa shape index (κ2) is 8.79. The molecule has 0 aliphatic carbocycles. The standard InChI is InChI=1S/C24H23N5O4S/c1-3-32-16-8-9-18-19(10-16)34-24(26-18)29-23-22(13(2)28-29)17(11-21(31)27-23)14-4-6-15(7-5-14)33-12-20(25)30/h4-10,17H,3,11-12H2,1-2H3,(H2,25,30)(H,27,31)/t17-/m1/s1. The normalized spacial score (nSPS) is 15.1. The molecule has 0 unspecified atom stereocenters. The molecule has 4 aromatic rings. The van der Waals surface area contributed by atoms with E-state index in [9.17, 15) is 9.59 Å². The van der Waals surface area contributed by atoms with E-state index in [0.717, 1.165) is 32.8 Å². The van der Waals surface area contributed by atoms with Crippen molar-refractivity contribution in [1.82, 2.24) is 14.8 Å².